The van der Waals surface area contributed by atoms with Crippen molar-refractivity contribution < 1.29 is 90.0 Å². The van der Waals surface area contributed by atoms with Gasteiger partial charge in [-0.15, -0.1) is 0 Å². The van der Waals surface area contributed by atoms with Crippen molar-refractivity contribution >= 4 is 13.8 Å². The predicted octanol–water partition coefficient (Wildman–Crippen LogP) is 2.59. The first-order valence-corrected chi connectivity index (χ1v) is 14.4. The molecule has 200 valence electrons. The molecule has 10 heteroatoms. The zero-order valence-corrected chi connectivity index (χ0v) is 25.9. The normalized spacial score (nSPS) is 10.9. The summed E-state index contributed by atoms with van der Waals surface area (Å²) < 4.78 is 19.5. The number of hydrogen-bond acceptors (Lipinski definition) is 5. The minimum Gasteiger partial charge on any atom is -0.756 e. The molecule has 0 aromatic heterocycles. The molecule has 0 aliphatic rings. The number of phosphoric acid groups is 1. The molecule has 0 aliphatic carbocycles. The monoisotopic (exact) mass is 536 g/mol. The third-order valence-electron chi connectivity index (χ3n) is 5.20. The topological polar surface area (TPSA) is 136 Å². The molecule has 0 heterocycles. The van der Waals surface area contributed by atoms with E-state index >= 15 is 0 Å². The minimum absolute atomic E-state index is 0. The Bertz CT molecular complexity index is 440. The molecule has 0 spiro atoms. The van der Waals surface area contributed by atoms with Crippen LogP contribution in [0.4, 0.5) is 0 Å². The van der Waals surface area contributed by atoms with Gasteiger partial charge in [-0.2, -0.15) is 0 Å². The maximum absolute atomic E-state index is 10.3. The fraction of sp³-hybridized carbons (Fsp3) is 0.958. The SMILES string of the molecule is CCCCCCOCCCCCCCCCCCCCCCCOCC(=O)O.O=P([O-])(O)O.[K+]. The van der Waals surface area contributed by atoms with E-state index in [-0.39, 0.29) is 58.0 Å². The number of ether oxygens (including phenoxy) is 2. The van der Waals surface area contributed by atoms with Gasteiger partial charge in [-0.3, -0.25) is 4.57 Å². The summed E-state index contributed by atoms with van der Waals surface area (Å²) in [7, 11) is -4.89. The summed E-state index contributed by atoms with van der Waals surface area (Å²) in [6.07, 6.45) is 23.5. The first-order valence-electron chi connectivity index (χ1n) is 12.9. The molecule has 0 radical (unpaired) electrons. The maximum Gasteiger partial charge on any atom is 1.00 e. The van der Waals surface area contributed by atoms with Gasteiger partial charge in [-0.05, 0) is 19.3 Å². The first-order chi connectivity index (χ1) is 15.8. The molecule has 0 saturated carbocycles. The van der Waals surface area contributed by atoms with Crippen LogP contribution in [-0.2, 0) is 18.8 Å². The van der Waals surface area contributed by atoms with Crippen LogP contribution in [0.1, 0.15) is 122 Å². The second kappa shape index (κ2) is 32.2. The molecule has 0 unspecified atom stereocenters. The van der Waals surface area contributed by atoms with Gasteiger partial charge in [0.25, 0.3) is 7.82 Å². The zero-order valence-electron chi connectivity index (χ0n) is 21.9. The van der Waals surface area contributed by atoms with E-state index in [1.807, 2.05) is 0 Å². The molecule has 0 fully saturated rings. The molecule has 3 N–H and O–H groups in total. The van der Waals surface area contributed by atoms with E-state index in [0.717, 1.165) is 26.1 Å². The number of carboxylic acids is 1. The maximum atomic E-state index is 10.3. The number of unbranched alkanes of at least 4 members (excludes halogenated alkanes) is 16. The van der Waals surface area contributed by atoms with Gasteiger partial charge in [0.05, 0.1) is 0 Å². The van der Waals surface area contributed by atoms with Gasteiger partial charge in [0.1, 0.15) is 6.61 Å². The van der Waals surface area contributed by atoms with Gasteiger partial charge >= 0.3 is 57.4 Å². The summed E-state index contributed by atoms with van der Waals surface area (Å²) >= 11 is 0. The molecular formula is C24H50KO8P. The van der Waals surface area contributed by atoms with Crippen molar-refractivity contribution in [2.45, 2.75) is 122 Å². The van der Waals surface area contributed by atoms with Crippen LogP contribution in [-0.4, -0.2) is 47.3 Å². The van der Waals surface area contributed by atoms with Crippen LogP contribution < -0.4 is 56.3 Å². The predicted molar refractivity (Wildman–Crippen MR) is 130 cm³/mol. The Kier molecular flexibility index (Phi) is 37.5. The van der Waals surface area contributed by atoms with Gasteiger partial charge in [-0.25, -0.2) is 4.79 Å². The van der Waals surface area contributed by atoms with Gasteiger partial charge in [0, 0.05) is 19.8 Å². The Morgan fingerprint density at radius 1 is 0.647 bits per heavy atom. The summed E-state index contributed by atoms with van der Waals surface area (Å²) in [6.45, 7) is 4.59. The first kappa shape index (κ1) is 39.6. The van der Waals surface area contributed by atoms with Crippen LogP contribution in [0, 0.1) is 0 Å². The molecule has 34 heavy (non-hydrogen) atoms. The molecule has 0 rings (SSSR count). The second-order valence-electron chi connectivity index (χ2n) is 8.56. The summed E-state index contributed by atoms with van der Waals surface area (Å²) in [4.78, 5) is 33.2. The van der Waals surface area contributed by atoms with Crippen molar-refractivity contribution in [1.29, 1.82) is 0 Å². The molecule has 0 bridgehead atoms. The van der Waals surface area contributed by atoms with E-state index < -0.39 is 13.8 Å². The second-order valence-corrected chi connectivity index (χ2v) is 9.54. The van der Waals surface area contributed by atoms with Crippen molar-refractivity contribution in [3.63, 3.8) is 0 Å². The summed E-state index contributed by atoms with van der Waals surface area (Å²) in [6, 6.07) is 0. The van der Waals surface area contributed by atoms with Gasteiger partial charge in [0.15, 0.2) is 0 Å². The fourth-order valence-electron chi connectivity index (χ4n) is 3.42. The van der Waals surface area contributed by atoms with E-state index in [1.54, 1.807) is 0 Å². The van der Waals surface area contributed by atoms with E-state index in [2.05, 4.69) is 6.92 Å². The molecule has 0 saturated heterocycles. The standard InChI is InChI=1S/C24H48O4.K.H3O4P/c1-2-3-4-17-20-27-21-18-15-13-11-9-7-5-6-8-10-12-14-16-19-22-28-23-24(25)26;;1-5(2,3)4/h2-23H2,1H3,(H,25,26);;(H3,1,2,3,4)/q;+1;/p-1. The van der Waals surface area contributed by atoms with Gasteiger partial charge in [0.2, 0.25) is 0 Å². The van der Waals surface area contributed by atoms with Crippen LogP contribution in [0.3, 0.4) is 0 Å². The van der Waals surface area contributed by atoms with E-state index in [9.17, 15) is 4.79 Å². The largest absolute Gasteiger partial charge is 1.00 e. The smallest absolute Gasteiger partial charge is 0.756 e. The molecule has 8 nitrogen and oxygen atoms in total. The van der Waals surface area contributed by atoms with Crippen LogP contribution in [0.2, 0.25) is 0 Å². The average Bonchev–Trinajstić information content (AvgIpc) is 2.73. The van der Waals surface area contributed by atoms with Crippen LogP contribution in [0.15, 0.2) is 0 Å². The van der Waals surface area contributed by atoms with Crippen molar-refractivity contribution in [2.75, 3.05) is 26.4 Å². The summed E-state index contributed by atoms with van der Waals surface area (Å²) in [5.74, 6) is -0.877. The zero-order chi connectivity index (χ0) is 25.0. The average molecular weight is 537 g/mol. The van der Waals surface area contributed by atoms with Crippen LogP contribution >= 0.6 is 7.82 Å². The minimum atomic E-state index is -4.89. The third-order valence-corrected chi connectivity index (χ3v) is 5.20. The fourth-order valence-corrected chi connectivity index (χ4v) is 3.42. The Morgan fingerprint density at radius 2 is 0.912 bits per heavy atom. The molecule has 0 atom stereocenters. The van der Waals surface area contributed by atoms with Crippen LogP contribution in [0.25, 0.3) is 0 Å². The number of hydrogen-bond donors (Lipinski definition) is 3. The third kappa shape index (κ3) is 50.1. The van der Waals surface area contributed by atoms with Crippen molar-refractivity contribution in [3.05, 3.63) is 0 Å². The molecule has 0 aromatic rings. The van der Waals surface area contributed by atoms with Crippen LogP contribution in [0.5, 0.6) is 0 Å². The Morgan fingerprint density at radius 3 is 1.21 bits per heavy atom. The molecular weight excluding hydrogens is 486 g/mol. The van der Waals surface area contributed by atoms with E-state index in [0.29, 0.717) is 6.61 Å². The van der Waals surface area contributed by atoms with Crippen molar-refractivity contribution in [2.24, 2.45) is 0 Å². The number of carboxylic acid groups (broad SMARTS) is 1. The Balaban J connectivity index is -0.00000144. The van der Waals surface area contributed by atoms with E-state index in [4.69, 9.17) is 33.8 Å². The Hall–Kier alpha value is 1.14. The summed E-state index contributed by atoms with van der Waals surface area (Å²) in [5, 5.41) is 8.46. The molecule has 0 aliphatic heterocycles. The van der Waals surface area contributed by atoms with Gasteiger partial charge in [-0.1, -0.05) is 103 Å². The van der Waals surface area contributed by atoms with Gasteiger partial charge < -0.3 is 29.3 Å². The number of rotatable bonds is 24. The summed E-state index contributed by atoms with van der Waals surface area (Å²) in [5.41, 5.74) is 0. The molecule has 0 amide bonds. The Labute approximate surface area is 250 Å². The quantitative estimate of drug-likeness (QED) is 0.0973. The van der Waals surface area contributed by atoms with Crippen molar-refractivity contribution in [1.82, 2.24) is 0 Å². The van der Waals surface area contributed by atoms with Crippen molar-refractivity contribution in [3.8, 4) is 0 Å². The molecule has 0 aromatic carbocycles. The van der Waals surface area contributed by atoms with E-state index in [1.165, 1.54) is 103 Å². The number of aliphatic carboxylic acids is 1. The number of carbonyl (C=O) groups is 1.